The van der Waals surface area contributed by atoms with E-state index >= 15 is 0 Å². The number of benzene rings is 2. The third-order valence-electron chi connectivity index (χ3n) is 5.79. The zero-order chi connectivity index (χ0) is 23.1. The molecule has 3 rings (SSSR count). The molecule has 8 heteroatoms. The van der Waals surface area contributed by atoms with Crippen LogP contribution in [0.2, 0.25) is 0 Å². The van der Waals surface area contributed by atoms with Crippen LogP contribution in [-0.2, 0) is 11.0 Å². The standard InChI is InChI=1S/C24H27F3N2O3/c25-24(26,27)20-12-10-18(11-13-20)17-6-8-19(9-7-17)22(31)29-21(15-30)23(32)28-14-16-4-2-1-3-5-16/h6-13,16,21,30H,1-5,14-15H2,(H,28,32)(H,29,31)/t21-/m0/s1. The Labute approximate surface area is 185 Å². The molecule has 1 aliphatic rings. The predicted octanol–water partition coefficient (Wildman–Crippen LogP) is 4.16. The summed E-state index contributed by atoms with van der Waals surface area (Å²) in [5.41, 5.74) is 0.785. The number of rotatable bonds is 7. The maximum absolute atomic E-state index is 12.7. The van der Waals surface area contributed by atoms with Crippen molar-refractivity contribution in [2.75, 3.05) is 13.2 Å². The third-order valence-corrected chi connectivity index (χ3v) is 5.79. The summed E-state index contributed by atoms with van der Waals surface area (Å²) in [6.45, 7) is 0.0128. The van der Waals surface area contributed by atoms with Crippen LogP contribution in [0.4, 0.5) is 13.2 Å². The number of carbonyl (C=O) groups excluding carboxylic acids is 2. The predicted molar refractivity (Wildman–Crippen MR) is 115 cm³/mol. The Morgan fingerprint density at radius 1 is 0.938 bits per heavy atom. The van der Waals surface area contributed by atoms with Crippen molar-refractivity contribution in [3.63, 3.8) is 0 Å². The van der Waals surface area contributed by atoms with E-state index in [0.717, 1.165) is 37.8 Å². The van der Waals surface area contributed by atoms with Gasteiger partial charge >= 0.3 is 6.18 Å². The third kappa shape index (κ3) is 6.32. The van der Waals surface area contributed by atoms with Gasteiger partial charge in [-0.1, -0.05) is 43.5 Å². The van der Waals surface area contributed by atoms with Crippen LogP contribution in [0.5, 0.6) is 0 Å². The Morgan fingerprint density at radius 3 is 2.03 bits per heavy atom. The Bertz CT molecular complexity index is 906. The van der Waals surface area contributed by atoms with Crippen LogP contribution in [0.3, 0.4) is 0 Å². The number of alkyl halides is 3. The lowest BCUT2D eigenvalue weighted by atomic mass is 9.89. The molecule has 3 N–H and O–H groups in total. The van der Waals surface area contributed by atoms with Crippen molar-refractivity contribution in [1.82, 2.24) is 10.6 Å². The number of amides is 2. The van der Waals surface area contributed by atoms with Gasteiger partial charge in [-0.15, -0.1) is 0 Å². The number of aliphatic hydroxyl groups is 1. The molecule has 0 spiro atoms. The molecule has 0 unspecified atom stereocenters. The summed E-state index contributed by atoms with van der Waals surface area (Å²) < 4.78 is 38.1. The van der Waals surface area contributed by atoms with Crippen LogP contribution in [0.25, 0.3) is 11.1 Å². The van der Waals surface area contributed by atoms with E-state index in [-0.39, 0.29) is 5.56 Å². The summed E-state index contributed by atoms with van der Waals surface area (Å²) in [5.74, 6) is -0.510. The van der Waals surface area contributed by atoms with Crippen LogP contribution in [-0.4, -0.2) is 36.1 Å². The first-order chi connectivity index (χ1) is 15.3. The second kappa shape index (κ2) is 10.6. The van der Waals surface area contributed by atoms with Gasteiger partial charge in [-0.05, 0) is 54.2 Å². The highest BCUT2D eigenvalue weighted by molar-refractivity contribution is 5.98. The Hall–Kier alpha value is -2.87. The van der Waals surface area contributed by atoms with Gasteiger partial charge in [0.2, 0.25) is 5.91 Å². The molecular formula is C24H27F3N2O3. The summed E-state index contributed by atoms with van der Waals surface area (Å²) >= 11 is 0. The lowest BCUT2D eigenvalue weighted by Gasteiger charge is -2.23. The fourth-order valence-corrected chi connectivity index (χ4v) is 3.86. The Morgan fingerprint density at radius 2 is 1.50 bits per heavy atom. The molecule has 0 aromatic heterocycles. The first-order valence-electron chi connectivity index (χ1n) is 10.7. The first kappa shape index (κ1) is 23.8. The van der Waals surface area contributed by atoms with Crippen molar-refractivity contribution in [1.29, 1.82) is 0 Å². The maximum atomic E-state index is 12.7. The van der Waals surface area contributed by atoms with E-state index < -0.39 is 36.2 Å². The van der Waals surface area contributed by atoms with E-state index in [1.165, 1.54) is 30.7 Å². The van der Waals surface area contributed by atoms with Gasteiger partial charge in [-0.2, -0.15) is 13.2 Å². The quantitative estimate of drug-likeness (QED) is 0.595. The Balaban J connectivity index is 1.57. The molecule has 5 nitrogen and oxygen atoms in total. The maximum Gasteiger partial charge on any atom is 0.416 e. The summed E-state index contributed by atoms with van der Waals surface area (Å²) in [6, 6.07) is 9.99. The van der Waals surface area contributed by atoms with Gasteiger partial charge in [0.05, 0.1) is 12.2 Å². The monoisotopic (exact) mass is 448 g/mol. The van der Waals surface area contributed by atoms with E-state index in [1.807, 2.05) is 0 Å². The van der Waals surface area contributed by atoms with Crippen LogP contribution >= 0.6 is 0 Å². The van der Waals surface area contributed by atoms with E-state index in [4.69, 9.17) is 0 Å². The molecule has 1 fully saturated rings. The topological polar surface area (TPSA) is 78.4 Å². The molecule has 172 valence electrons. The van der Waals surface area contributed by atoms with Crippen molar-refractivity contribution in [2.45, 2.75) is 44.3 Å². The molecule has 0 radical (unpaired) electrons. The SMILES string of the molecule is O=C(N[C@@H](CO)C(=O)NCC1CCCCC1)c1ccc(-c2ccc(C(F)(F)F)cc2)cc1. The highest BCUT2D eigenvalue weighted by atomic mass is 19.4. The molecule has 0 heterocycles. The number of hydrogen-bond donors (Lipinski definition) is 3. The molecular weight excluding hydrogens is 421 g/mol. The fraction of sp³-hybridized carbons (Fsp3) is 0.417. The van der Waals surface area contributed by atoms with Crippen molar-refractivity contribution in [3.8, 4) is 11.1 Å². The molecule has 0 bridgehead atoms. The lowest BCUT2D eigenvalue weighted by Crippen LogP contribution is -2.49. The fourth-order valence-electron chi connectivity index (χ4n) is 3.86. The van der Waals surface area contributed by atoms with Crippen molar-refractivity contribution in [2.24, 2.45) is 5.92 Å². The van der Waals surface area contributed by atoms with Crippen LogP contribution in [0.15, 0.2) is 48.5 Å². The number of nitrogens with one attached hydrogen (secondary N) is 2. The molecule has 1 aliphatic carbocycles. The second-order valence-corrected chi connectivity index (χ2v) is 8.11. The summed E-state index contributed by atoms with van der Waals surface area (Å²) in [4.78, 5) is 24.9. The molecule has 1 saturated carbocycles. The molecule has 0 aliphatic heterocycles. The molecule has 1 atom stereocenters. The van der Waals surface area contributed by atoms with Crippen LogP contribution in [0, 0.1) is 5.92 Å². The van der Waals surface area contributed by atoms with Crippen molar-refractivity contribution >= 4 is 11.8 Å². The smallest absolute Gasteiger partial charge is 0.394 e. The summed E-state index contributed by atoms with van der Waals surface area (Å²) in [7, 11) is 0. The summed E-state index contributed by atoms with van der Waals surface area (Å²) in [5, 5.41) is 14.9. The first-order valence-corrected chi connectivity index (χ1v) is 10.7. The minimum absolute atomic E-state index is 0.277. The lowest BCUT2D eigenvalue weighted by molar-refractivity contribution is -0.137. The zero-order valence-corrected chi connectivity index (χ0v) is 17.6. The molecule has 2 aromatic rings. The van der Waals surface area contributed by atoms with E-state index in [9.17, 15) is 27.9 Å². The van der Waals surface area contributed by atoms with Crippen molar-refractivity contribution < 1.29 is 27.9 Å². The summed E-state index contributed by atoms with van der Waals surface area (Å²) in [6.07, 6.45) is 1.28. The van der Waals surface area contributed by atoms with E-state index in [2.05, 4.69) is 10.6 Å². The molecule has 0 saturated heterocycles. The minimum atomic E-state index is -4.40. The average molecular weight is 448 g/mol. The normalized spacial score (nSPS) is 15.8. The van der Waals surface area contributed by atoms with Gasteiger partial charge in [-0.3, -0.25) is 9.59 Å². The van der Waals surface area contributed by atoms with Gasteiger partial charge in [0.25, 0.3) is 5.91 Å². The van der Waals surface area contributed by atoms with Gasteiger partial charge in [-0.25, -0.2) is 0 Å². The van der Waals surface area contributed by atoms with Gasteiger partial charge < -0.3 is 15.7 Å². The van der Waals surface area contributed by atoms with Gasteiger partial charge in [0.15, 0.2) is 0 Å². The second-order valence-electron chi connectivity index (χ2n) is 8.11. The number of hydrogen-bond acceptors (Lipinski definition) is 3. The largest absolute Gasteiger partial charge is 0.416 e. The van der Waals surface area contributed by atoms with Crippen LogP contribution < -0.4 is 10.6 Å². The Kier molecular flexibility index (Phi) is 7.90. The number of aliphatic hydroxyl groups excluding tert-OH is 1. The highest BCUT2D eigenvalue weighted by Crippen LogP contribution is 2.31. The van der Waals surface area contributed by atoms with Crippen LogP contribution in [0.1, 0.15) is 48.0 Å². The average Bonchev–Trinajstić information content (AvgIpc) is 2.81. The highest BCUT2D eigenvalue weighted by Gasteiger charge is 2.30. The van der Waals surface area contributed by atoms with Gasteiger partial charge in [0.1, 0.15) is 6.04 Å². The molecule has 2 amide bonds. The van der Waals surface area contributed by atoms with E-state index in [1.54, 1.807) is 12.1 Å². The number of halogens is 3. The van der Waals surface area contributed by atoms with Gasteiger partial charge in [0, 0.05) is 12.1 Å². The minimum Gasteiger partial charge on any atom is -0.394 e. The van der Waals surface area contributed by atoms with E-state index in [0.29, 0.717) is 23.6 Å². The zero-order valence-electron chi connectivity index (χ0n) is 17.6. The molecule has 2 aromatic carbocycles. The molecule has 32 heavy (non-hydrogen) atoms. The number of carbonyl (C=O) groups is 2. The van der Waals surface area contributed by atoms with Crippen molar-refractivity contribution in [3.05, 3.63) is 59.7 Å².